The van der Waals surface area contributed by atoms with Gasteiger partial charge in [0, 0.05) is 30.4 Å². The van der Waals surface area contributed by atoms with E-state index in [0.29, 0.717) is 11.6 Å². The molecule has 0 saturated carbocycles. The molecular weight excluding hydrogens is 524 g/mol. The third kappa shape index (κ3) is 5.39. The lowest BCUT2D eigenvalue weighted by atomic mass is 9.70. The summed E-state index contributed by atoms with van der Waals surface area (Å²) in [5, 5.41) is 19.5. The molecule has 1 saturated heterocycles. The van der Waals surface area contributed by atoms with E-state index < -0.39 is 17.3 Å². The number of rotatable bonds is 9. The quantitative estimate of drug-likeness (QED) is 0.267. The van der Waals surface area contributed by atoms with Gasteiger partial charge < -0.3 is 9.67 Å². The van der Waals surface area contributed by atoms with Crippen LogP contribution in [0.2, 0.25) is 5.02 Å². The Morgan fingerprint density at radius 2 is 1.93 bits per heavy atom. The van der Waals surface area contributed by atoms with Crippen LogP contribution in [-0.2, 0) is 24.9 Å². The summed E-state index contributed by atoms with van der Waals surface area (Å²) in [7, 11) is 1.86. The van der Waals surface area contributed by atoms with E-state index in [9.17, 15) is 9.90 Å². The molecule has 212 valence electrons. The highest BCUT2D eigenvalue weighted by Crippen LogP contribution is 2.44. The molecule has 0 bridgehead atoms. The van der Waals surface area contributed by atoms with E-state index in [4.69, 9.17) is 11.6 Å². The first-order chi connectivity index (χ1) is 19.1. The van der Waals surface area contributed by atoms with Gasteiger partial charge in [-0.1, -0.05) is 48.4 Å². The number of imidazole rings is 1. The van der Waals surface area contributed by atoms with Gasteiger partial charge in [0.05, 0.1) is 24.0 Å². The molecule has 0 unspecified atom stereocenters. The van der Waals surface area contributed by atoms with Crippen molar-refractivity contribution in [1.82, 2.24) is 29.4 Å². The molecule has 4 aromatic rings. The summed E-state index contributed by atoms with van der Waals surface area (Å²) in [5.74, 6) is 0.563. The lowest BCUT2D eigenvalue weighted by molar-refractivity contribution is -0.147. The number of hydrogen-bond acceptors (Lipinski definition) is 5. The molecule has 0 radical (unpaired) electrons. The second-order valence-electron chi connectivity index (χ2n) is 11.8. The number of carboxylic acids is 1. The van der Waals surface area contributed by atoms with Gasteiger partial charge in [-0.05, 0) is 87.0 Å². The summed E-state index contributed by atoms with van der Waals surface area (Å²) in [5.41, 5.74) is 4.31. The normalized spacial score (nSPS) is 16.1. The summed E-state index contributed by atoms with van der Waals surface area (Å²) in [6.07, 6.45) is 7.59. The predicted molar refractivity (Wildman–Crippen MR) is 158 cm³/mol. The smallest absolute Gasteiger partial charge is 0.310 e. The van der Waals surface area contributed by atoms with Gasteiger partial charge in [-0.25, -0.2) is 9.67 Å². The molecule has 1 aliphatic rings. The Morgan fingerprint density at radius 1 is 1.18 bits per heavy atom. The third-order valence-electron chi connectivity index (χ3n) is 8.86. The van der Waals surface area contributed by atoms with Gasteiger partial charge in [0.25, 0.3) is 0 Å². The van der Waals surface area contributed by atoms with Gasteiger partial charge >= 0.3 is 5.97 Å². The average Bonchev–Trinajstić information content (AvgIpc) is 3.53. The van der Waals surface area contributed by atoms with Crippen molar-refractivity contribution in [2.24, 2.45) is 18.4 Å². The maximum absolute atomic E-state index is 12.6. The zero-order valence-electron chi connectivity index (χ0n) is 24.1. The van der Waals surface area contributed by atoms with Crippen molar-refractivity contribution in [2.45, 2.75) is 66.0 Å². The molecule has 1 N–H and O–H groups in total. The largest absolute Gasteiger partial charge is 0.481 e. The number of nitrogens with zero attached hydrogens (tertiary/aromatic N) is 6. The van der Waals surface area contributed by atoms with Crippen LogP contribution in [0.25, 0.3) is 11.0 Å². The van der Waals surface area contributed by atoms with Crippen molar-refractivity contribution in [2.75, 3.05) is 13.1 Å². The standard InChI is InChI=1S/C31H39ClN6O2/c1-6-21-11-14-37(15-12-21)19-27-33-13-16-38(27)18-23-17-22(7-9-25(23)32)28(31(3,4)30(39)40)24-8-10-26-29(20(24)2)34-35-36(26)5/h7-10,13,16-17,21,28H,6,11-12,14-15,18-19H2,1-5H3,(H,39,40)/t28-/m0/s1. The summed E-state index contributed by atoms with van der Waals surface area (Å²) >= 11 is 6.75. The molecule has 0 aliphatic carbocycles. The van der Waals surface area contributed by atoms with E-state index in [1.54, 1.807) is 18.5 Å². The Kier molecular flexibility index (Phi) is 8.02. The number of carboxylic acid groups (broad SMARTS) is 1. The van der Waals surface area contributed by atoms with Crippen molar-refractivity contribution < 1.29 is 9.90 Å². The summed E-state index contributed by atoms with van der Waals surface area (Å²) in [4.78, 5) is 19.8. The minimum atomic E-state index is -1.09. The highest BCUT2D eigenvalue weighted by Gasteiger charge is 2.40. The minimum absolute atomic E-state index is 0.422. The molecule has 40 heavy (non-hydrogen) atoms. The van der Waals surface area contributed by atoms with Crippen LogP contribution < -0.4 is 0 Å². The van der Waals surface area contributed by atoms with Gasteiger partial charge in [0.2, 0.25) is 0 Å². The lowest BCUT2D eigenvalue weighted by Crippen LogP contribution is -2.34. The summed E-state index contributed by atoms with van der Waals surface area (Å²) in [6.45, 7) is 11.4. The molecule has 1 fully saturated rings. The maximum atomic E-state index is 12.6. The van der Waals surface area contributed by atoms with Gasteiger partial charge in [-0.3, -0.25) is 9.69 Å². The van der Waals surface area contributed by atoms with Crippen molar-refractivity contribution in [1.29, 1.82) is 0 Å². The van der Waals surface area contributed by atoms with Crippen molar-refractivity contribution in [3.63, 3.8) is 0 Å². The minimum Gasteiger partial charge on any atom is -0.481 e. The van der Waals surface area contributed by atoms with E-state index in [1.807, 2.05) is 50.6 Å². The van der Waals surface area contributed by atoms with Crippen LogP contribution in [0.5, 0.6) is 0 Å². The van der Waals surface area contributed by atoms with E-state index >= 15 is 0 Å². The van der Waals surface area contributed by atoms with E-state index in [-0.39, 0.29) is 0 Å². The SMILES string of the molecule is CCC1CCN(Cc2nccn2Cc2cc([C@@H](c3ccc4c(nnn4C)c3C)C(C)(C)C(=O)O)ccc2Cl)CC1. The number of piperidine rings is 1. The number of aryl methyl sites for hydroxylation is 2. The van der Waals surface area contributed by atoms with Crippen molar-refractivity contribution in [3.8, 4) is 0 Å². The van der Waals surface area contributed by atoms with Gasteiger partial charge in [0.15, 0.2) is 0 Å². The highest BCUT2D eigenvalue weighted by molar-refractivity contribution is 6.31. The van der Waals surface area contributed by atoms with Crippen LogP contribution in [0, 0.1) is 18.3 Å². The Morgan fingerprint density at radius 3 is 2.62 bits per heavy atom. The monoisotopic (exact) mass is 562 g/mol. The second kappa shape index (κ2) is 11.3. The molecule has 2 aromatic carbocycles. The molecule has 0 spiro atoms. The molecular formula is C31H39ClN6O2. The first kappa shape index (κ1) is 28.3. The number of fused-ring (bicyclic) bond motifs is 1. The molecule has 2 aromatic heterocycles. The molecule has 1 aliphatic heterocycles. The van der Waals surface area contributed by atoms with E-state index in [0.717, 1.165) is 64.7 Å². The molecule has 0 amide bonds. The zero-order chi connectivity index (χ0) is 28.6. The number of aromatic nitrogens is 5. The second-order valence-corrected chi connectivity index (χ2v) is 12.2. The van der Waals surface area contributed by atoms with Crippen molar-refractivity contribution in [3.05, 3.63) is 75.8 Å². The van der Waals surface area contributed by atoms with Crippen LogP contribution in [0.4, 0.5) is 0 Å². The van der Waals surface area contributed by atoms with Crippen LogP contribution in [-0.4, -0.2) is 53.6 Å². The number of halogens is 1. The number of benzene rings is 2. The number of carbonyl (C=O) groups is 1. The Bertz CT molecular complexity index is 1520. The molecule has 3 heterocycles. The van der Waals surface area contributed by atoms with Gasteiger partial charge in [-0.2, -0.15) is 0 Å². The Hall–Kier alpha value is -3.23. The molecule has 9 heteroatoms. The van der Waals surface area contributed by atoms with Crippen LogP contribution in [0.1, 0.15) is 74.0 Å². The highest BCUT2D eigenvalue weighted by atomic mass is 35.5. The van der Waals surface area contributed by atoms with Crippen molar-refractivity contribution >= 4 is 28.6 Å². The Balaban J connectivity index is 1.48. The van der Waals surface area contributed by atoms with Gasteiger partial charge in [0.1, 0.15) is 11.3 Å². The number of hydrogen-bond donors (Lipinski definition) is 1. The molecule has 8 nitrogen and oxygen atoms in total. The van der Waals surface area contributed by atoms with Crippen LogP contribution in [0.3, 0.4) is 0 Å². The summed E-state index contributed by atoms with van der Waals surface area (Å²) < 4.78 is 3.89. The van der Waals surface area contributed by atoms with Crippen LogP contribution >= 0.6 is 11.6 Å². The van der Waals surface area contributed by atoms with E-state index in [2.05, 4.69) is 37.8 Å². The van der Waals surface area contributed by atoms with Gasteiger partial charge in [-0.15, -0.1) is 5.10 Å². The van der Waals surface area contributed by atoms with Crippen LogP contribution in [0.15, 0.2) is 42.7 Å². The topological polar surface area (TPSA) is 89.1 Å². The maximum Gasteiger partial charge on any atom is 0.310 e. The zero-order valence-corrected chi connectivity index (χ0v) is 24.8. The lowest BCUT2D eigenvalue weighted by Gasteiger charge is -2.33. The average molecular weight is 563 g/mol. The fraction of sp³-hybridized carbons (Fsp3) is 0.484. The van der Waals surface area contributed by atoms with E-state index in [1.165, 1.54) is 19.3 Å². The third-order valence-corrected chi connectivity index (χ3v) is 9.23. The Labute approximate surface area is 241 Å². The number of likely N-dealkylation sites (tertiary alicyclic amines) is 1. The summed E-state index contributed by atoms with van der Waals surface area (Å²) in [6, 6.07) is 9.89. The first-order valence-corrected chi connectivity index (χ1v) is 14.5. The first-order valence-electron chi connectivity index (χ1n) is 14.1. The fourth-order valence-electron chi connectivity index (χ4n) is 6.14. The fourth-order valence-corrected chi connectivity index (χ4v) is 6.31. The predicted octanol–water partition coefficient (Wildman–Crippen LogP) is 6.04. The number of aliphatic carboxylic acids is 1. The molecule has 1 atom stereocenters. The molecule has 5 rings (SSSR count).